The number of rotatable bonds is 6. The van der Waals surface area contributed by atoms with Gasteiger partial charge < -0.3 is 4.90 Å². The zero-order valence-electron chi connectivity index (χ0n) is 13.1. The highest BCUT2D eigenvalue weighted by Gasteiger charge is 2.17. The topological polar surface area (TPSA) is 20.3 Å². The molecule has 0 heterocycles. The zero-order chi connectivity index (χ0) is 15.2. The number of nitrogens with zero attached hydrogens (tertiary/aromatic N) is 1. The first-order valence-corrected chi connectivity index (χ1v) is 8.48. The second-order valence-corrected chi connectivity index (χ2v) is 6.96. The molecule has 0 aliphatic heterocycles. The van der Waals surface area contributed by atoms with Gasteiger partial charge in [-0.15, -0.1) is 0 Å². The number of alkyl halides is 1. The molecular formula is C17H26BrNO. The molecule has 0 unspecified atom stereocenters. The maximum Gasteiger partial charge on any atom is 0.253 e. The Morgan fingerprint density at radius 1 is 1.15 bits per heavy atom. The first-order valence-electron chi connectivity index (χ1n) is 7.36. The van der Waals surface area contributed by atoms with Crippen molar-refractivity contribution < 1.29 is 4.79 Å². The fourth-order valence-electron chi connectivity index (χ4n) is 2.06. The molecule has 0 aliphatic carbocycles. The monoisotopic (exact) mass is 339 g/mol. The molecule has 1 rings (SSSR count). The molecule has 0 radical (unpaired) electrons. The molecule has 0 bridgehead atoms. The van der Waals surface area contributed by atoms with Crippen molar-refractivity contribution >= 4 is 21.8 Å². The van der Waals surface area contributed by atoms with Gasteiger partial charge in [0, 0.05) is 24.0 Å². The summed E-state index contributed by atoms with van der Waals surface area (Å²) in [6.07, 6.45) is 2.16. The van der Waals surface area contributed by atoms with Gasteiger partial charge >= 0.3 is 0 Å². The van der Waals surface area contributed by atoms with Crippen molar-refractivity contribution in [1.29, 1.82) is 0 Å². The predicted octanol–water partition coefficient (Wildman–Crippen LogP) is 4.62. The smallest absolute Gasteiger partial charge is 0.253 e. The van der Waals surface area contributed by atoms with Crippen LogP contribution in [-0.2, 0) is 5.41 Å². The van der Waals surface area contributed by atoms with E-state index in [4.69, 9.17) is 0 Å². The van der Waals surface area contributed by atoms with E-state index < -0.39 is 0 Å². The van der Waals surface area contributed by atoms with E-state index in [0.29, 0.717) is 0 Å². The summed E-state index contributed by atoms with van der Waals surface area (Å²) in [5, 5.41) is 0.822. The van der Waals surface area contributed by atoms with Crippen molar-refractivity contribution in [2.75, 3.05) is 18.4 Å². The summed E-state index contributed by atoms with van der Waals surface area (Å²) in [5.74, 6) is 0.137. The van der Waals surface area contributed by atoms with Gasteiger partial charge in [-0.25, -0.2) is 0 Å². The highest BCUT2D eigenvalue weighted by molar-refractivity contribution is 9.09. The van der Waals surface area contributed by atoms with Crippen molar-refractivity contribution in [3.63, 3.8) is 0 Å². The lowest BCUT2D eigenvalue weighted by Gasteiger charge is -2.23. The maximum absolute atomic E-state index is 12.5. The molecule has 112 valence electrons. The van der Waals surface area contributed by atoms with Crippen LogP contribution in [-0.4, -0.2) is 29.2 Å². The summed E-state index contributed by atoms with van der Waals surface area (Å²) >= 11 is 3.43. The first-order chi connectivity index (χ1) is 9.40. The van der Waals surface area contributed by atoms with Gasteiger partial charge in [0.15, 0.2) is 0 Å². The highest BCUT2D eigenvalue weighted by atomic mass is 79.9. The summed E-state index contributed by atoms with van der Waals surface area (Å²) in [6, 6.07) is 8.05. The third-order valence-electron chi connectivity index (χ3n) is 3.42. The van der Waals surface area contributed by atoms with E-state index in [1.54, 1.807) is 0 Å². The SMILES string of the molecule is CCCCN(CCBr)C(=O)c1ccc(C(C)(C)C)cc1. The van der Waals surface area contributed by atoms with E-state index in [1.165, 1.54) is 5.56 Å². The van der Waals surface area contributed by atoms with Crippen LogP contribution in [0, 0.1) is 0 Å². The van der Waals surface area contributed by atoms with Gasteiger partial charge in [0.2, 0.25) is 0 Å². The fraction of sp³-hybridized carbons (Fsp3) is 0.588. The van der Waals surface area contributed by atoms with Gasteiger partial charge in [0.25, 0.3) is 5.91 Å². The Kier molecular flexibility index (Phi) is 6.74. The largest absolute Gasteiger partial charge is 0.338 e. The molecule has 1 amide bonds. The molecule has 1 aromatic carbocycles. The molecule has 0 aliphatic rings. The van der Waals surface area contributed by atoms with Crippen molar-refractivity contribution in [1.82, 2.24) is 4.90 Å². The summed E-state index contributed by atoms with van der Waals surface area (Å²) in [4.78, 5) is 14.4. The second-order valence-electron chi connectivity index (χ2n) is 6.16. The number of amides is 1. The number of carbonyl (C=O) groups excluding carboxylic acids is 1. The number of hydrogen-bond donors (Lipinski definition) is 0. The van der Waals surface area contributed by atoms with E-state index in [2.05, 4.69) is 55.8 Å². The number of benzene rings is 1. The molecule has 20 heavy (non-hydrogen) atoms. The second kappa shape index (κ2) is 7.82. The van der Waals surface area contributed by atoms with Crippen molar-refractivity contribution in [3.8, 4) is 0 Å². The lowest BCUT2D eigenvalue weighted by atomic mass is 9.86. The van der Waals surface area contributed by atoms with Crippen LogP contribution in [0.3, 0.4) is 0 Å². The number of carbonyl (C=O) groups is 1. The standard InChI is InChI=1S/C17H26BrNO/c1-5-6-12-19(13-11-18)16(20)14-7-9-15(10-8-14)17(2,3)4/h7-10H,5-6,11-13H2,1-4H3. The number of halogens is 1. The van der Waals surface area contributed by atoms with Crippen LogP contribution in [0.4, 0.5) is 0 Å². The first kappa shape index (κ1) is 17.2. The summed E-state index contributed by atoms with van der Waals surface area (Å²) < 4.78 is 0. The van der Waals surface area contributed by atoms with E-state index in [1.807, 2.05) is 17.0 Å². The van der Waals surface area contributed by atoms with Crippen LogP contribution in [0.5, 0.6) is 0 Å². The summed E-state index contributed by atoms with van der Waals surface area (Å²) in [5.41, 5.74) is 2.17. The van der Waals surface area contributed by atoms with Crippen LogP contribution in [0.1, 0.15) is 56.5 Å². The van der Waals surface area contributed by atoms with Gasteiger partial charge in [0.1, 0.15) is 0 Å². The molecule has 0 N–H and O–H groups in total. The van der Waals surface area contributed by atoms with E-state index in [0.717, 1.165) is 36.8 Å². The van der Waals surface area contributed by atoms with E-state index >= 15 is 0 Å². The van der Waals surface area contributed by atoms with Crippen LogP contribution in [0.2, 0.25) is 0 Å². The quantitative estimate of drug-likeness (QED) is 0.692. The van der Waals surface area contributed by atoms with E-state index in [-0.39, 0.29) is 11.3 Å². The summed E-state index contributed by atoms with van der Waals surface area (Å²) in [6.45, 7) is 10.3. The van der Waals surface area contributed by atoms with Crippen LogP contribution >= 0.6 is 15.9 Å². The van der Waals surface area contributed by atoms with Gasteiger partial charge in [0.05, 0.1) is 0 Å². The highest BCUT2D eigenvalue weighted by Crippen LogP contribution is 2.22. The van der Waals surface area contributed by atoms with Crippen molar-refractivity contribution in [2.45, 2.75) is 46.0 Å². The Hall–Kier alpha value is -0.830. The van der Waals surface area contributed by atoms with Crippen LogP contribution in [0.15, 0.2) is 24.3 Å². The van der Waals surface area contributed by atoms with E-state index in [9.17, 15) is 4.79 Å². The van der Waals surface area contributed by atoms with Crippen LogP contribution in [0.25, 0.3) is 0 Å². The van der Waals surface area contributed by atoms with Gasteiger partial charge in [-0.3, -0.25) is 4.79 Å². The molecule has 0 saturated heterocycles. The van der Waals surface area contributed by atoms with Crippen molar-refractivity contribution in [2.24, 2.45) is 0 Å². The minimum absolute atomic E-state index is 0.124. The maximum atomic E-state index is 12.5. The minimum atomic E-state index is 0.124. The molecule has 2 nitrogen and oxygen atoms in total. The Morgan fingerprint density at radius 2 is 1.75 bits per heavy atom. The van der Waals surface area contributed by atoms with Gasteiger partial charge in [-0.1, -0.05) is 62.2 Å². The van der Waals surface area contributed by atoms with Gasteiger partial charge in [-0.2, -0.15) is 0 Å². The Balaban J connectivity index is 2.83. The van der Waals surface area contributed by atoms with Gasteiger partial charge in [-0.05, 0) is 29.5 Å². The summed E-state index contributed by atoms with van der Waals surface area (Å²) in [7, 11) is 0. The molecule has 0 aromatic heterocycles. The predicted molar refractivity (Wildman–Crippen MR) is 89.7 cm³/mol. The third kappa shape index (κ3) is 4.93. The number of hydrogen-bond acceptors (Lipinski definition) is 1. The Morgan fingerprint density at radius 3 is 2.20 bits per heavy atom. The van der Waals surface area contributed by atoms with Crippen molar-refractivity contribution in [3.05, 3.63) is 35.4 Å². The molecule has 1 aromatic rings. The van der Waals surface area contributed by atoms with Crippen LogP contribution < -0.4 is 0 Å². The fourth-order valence-corrected chi connectivity index (χ4v) is 2.49. The third-order valence-corrected chi connectivity index (χ3v) is 3.78. The average molecular weight is 340 g/mol. The molecular weight excluding hydrogens is 314 g/mol. The molecule has 3 heteroatoms. The lowest BCUT2D eigenvalue weighted by molar-refractivity contribution is 0.0764. The minimum Gasteiger partial charge on any atom is -0.338 e. The molecule has 0 fully saturated rings. The Labute approximate surface area is 131 Å². The Bertz CT molecular complexity index is 420. The lowest BCUT2D eigenvalue weighted by Crippen LogP contribution is -2.33. The zero-order valence-corrected chi connectivity index (χ0v) is 14.7. The normalized spacial score (nSPS) is 11.4. The molecule has 0 spiro atoms. The molecule has 0 saturated carbocycles. The molecule has 0 atom stereocenters. The average Bonchev–Trinajstić information content (AvgIpc) is 2.42. The number of unbranched alkanes of at least 4 members (excludes halogenated alkanes) is 1.